The number of hydrogen-bond acceptors (Lipinski definition) is 11. The van der Waals surface area contributed by atoms with Crippen LogP contribution in [-0.4, -0.2) is 89.6 Å². The number of piperazine rings is 1. The van der Waals surface area contributed by atoms with Crippen molar-refractivity contribution >= 4 is 17.8 Å². The summed E-state index contributed by atoms with van der Waals surface area (Å²) < 4.78 is 23.4. The van der Waals surface area contributed by atoms with E-state index in [1.807, 2.05) is 24.9 Å². The molecule has 252 valence electrons. The second-order valence-corrected chi connectivity index (χ2v) is 12.7. The molecule has 13 nitrogen and oxygen atoms in total. The number of amides is 2. The lowest BCUT2D eigenvalue weighted by atomic mass is 9.73. The first-order chi connectivity index (χ1) is 22.4. The molecule has 0 radical (unpaired) electrons. The number of rotatable bonds is 7. The average Bonchev–Trinajstić information content (AvgIpc) is 3.50. The molecule has 2 bridgehead atoms. The predicted molar refractivity (Wildman–Crippen MR) is 170 cm³/mol. The summed E-state index contributed by atoms with van der Waals surface area (Å²) in [7, 11) is 3.46. The van der Waals surface area contributed by atoms with Gasteiger partial charge in [0.25, 0.3) is 0 Å². The lowest BCUT2D eigenvalue weighted by molar-refractivity contribution is -0.172. The average molecular weight is 651 g/mol. The third-order valence-corrected chi connectivity index (χ3v) is 9.88. The molecule has 47 heavy (non-hydrogen) atoms. The summed E-state index contributed by atoms with van der Waals surface area (Å²) in [4.78, 5) is 42.0. The number of carbonyl (C=O) groups is 3. The number of aliphatic hydroxyl groups is 1. The number of aromatic hydroxyl groups is 1. The number of hydrogen-bond donors (Lipinski definition) is 4. The number of phenolic OH excluding ortho intramolecular Hbond substituents is 1. The molecule has 4 heterocycles. The molecule has 6 rings (SSSR count). The summed E-state index contributed by atoms with van der Waals surface area (Å²) in [5.74, 6) is 0.384. The molecule has 0 aliphatic carbocycles. The Morgan fingerprint density at radius 2 is 1.85 bits per heavy atom. The summed E-state index contributed by atoms with van der Waals surface area (Å²) >= 11 is 0. The Bertz CT molecular complexity index is 1670. The molecular weight excluding hydrogens is 608 g/mol. The quantitative estimate of drug-likeness (QED) is 0.197. The minimum atomic E-state index is -0.989. The zero-order chi connectivity index (χ0) is 33.9. The fourth-order valence-corrected chi connectivity index (χ4v) is 7.95. The van der Waals surface area contributed by atoms with Crippen LogP contribution in [0.4, 0.5) is 0 Å². The van der Waals surface area contributed by atoms with Gasteiger partial charge in [0, 0.05) is 41.8 Å². The van der Waals surface area contributed by atoms with Crippen LogP contribution in [0.5, 0.6) is 28.7 Å². The zero-order valence-corrected chi connectivity index (χ0v) is 27.7. The maximum atomic E-state index is 13.3. The number of allylic oxidation sites excluding steroid dienone is 1. The number of likely N-dealkylation sites (N-methyl/N-ethyl adjacent to an activating group) is 1. The van der Waals surface area contributed by atoms with Crippen LogP contribution in [0.15, 0.2) is 18.2 Å². The van der Waals surface area contributed by atoms with Crippen LogP contribution in [0, 0.1) is 13.8 Å². The highest BCUT2D eigenvalue weighted by molar-refractivity contribution is 5.92. The highest BCUT2D eigenvalue weighted by Gasteiger charge is 2.56. The molecule has 2 aromatic rings. The fraction of sp³-hybridized carbons (Fsp3) is 0.500. The van der Waals surface area contributed by atoms with E-state index in [0.717, 1.165) is 11.1 Å². The van der Waals surface area contributed by atoms with Gasteiger partial charge in [0.15, 0.2) is 23.0 Å². The molecular formula is C34H42N4O9. The minimum absolute atomic E-state index is 0.0286. The van der Waals surface area contributed by atoms with Crippen molar-refractivity contribution in [3.63, 3.8) is 0 Å². The van der Waals surface area contributed by atoms with Crippen LogP contribution in [0.25, 0.3) is 0 Å². The van der Waals surface area contributed by atoms with Crippen molar-refractivity contribution < 1.29 is 43.5 Å². The number of methoxy groups -OCH3 is 1. The number of fused-ring (bicyclic) bond motifs is 9. The molecule has 2 aromatic carbocycles. The molecule has 4 N–H and O–H groups in total. The third-order valence-electron chi connectivity index (χ3n) is 9.88. The smallest absolute Gasteiger partial charge is 0.308 e. The number of nitrogens with one attached hydrogen (secondary N) is 2. The summed E-state index contributed by atoms with van der Waals surface area (Å²) in [5, 5.41) is 29.4. The Morgan fingerprint density at radius 3 is 2.53 bits per heavy atom. The number of benzene rings is 2. The Balaban J connectivity index is 1.50. The molecule has 13 heteroatoms. The molecule has 0 spiro atoms. The van der Waals surface area contributed by atoms with Crippen LogP contribution in [0.2, 0.25) is 0 Å². The van der Waals surface area contributed by atoms with Gasteiger partial charge in [-0.3, -0.25) is 24.2 Å². The number of nitrogens with zero attached hydrogens (tertiary/aromatic N) is 2. The standard InChI is InChI=1S/C34H42N4O9/c1-8-9-24(40)36-17(4)33(42)35-13-23-26-20(30(47-18(5)39)16(3)31-32(26)46-14-45-31)12-21-27-25-19(10-15(2)29(44-7)28(25)41)11-22(37(27)6)34(43)38(21)23/h8-10,17,21-23,27,34,41,43H,11-14H2,1-7H3,(H,35,42)(H,36,40)/b9-8+/t17-,21?,22+,23-,27-,34?/m0/s1. The van der Waals surface area contributed by atoms with Gasteiger partial charge in [-0.15, -0.1) is 0 Å². The molecule has 2 amide bonds. The molecule has 2 unspecified atom stereocenters. The van der Waals surface area contributed by atoms with E-state index in [9.17, 15) is 24.6 Å². The lowest BCUT2D eigenvalue weighted by Crippen LogP contribution is -2.69. The van der Waals surface area contributed by atoms with Crippen molar-refractivity contribution in [1.82, 2.24) is 20.4 Å². The second kappa shape index (κ2) is 12.4. The van der Waals surface area contributed by atoms with Crippen LogP contribution in [-0.2, 0) is 27.2 Å². The van der Waals surface area contributed by atoms with Gasteiger partial charge in [0.2, 0.25) is 18.6 Å². The highest BCUT2D eigenvalue weighted by Crippen LogP contribution is 2.58. The summed E-state index contributed by atoms with van der Waals surface area (Å²) in [6.45, 7) is 8.31. The number of aliphatic hydroxyl groups excluding tert-OH is 1. The number of carbonyl (C=O) groups excluding carboxylic acids is 3. The predicted octanol–water partition coefficient (Wildman–Crippen LogP) is 2.07. The van der Waals surface area contributed by atoms with E-state index < -0.39 is 48.2 Å². The van der Waals surface area contributed by atoms with E-state index in [2.05, 4.69) is 15.5 Å². The molecule has 0 aromatic heterocycles. The number of phenols is 1. The van der Waals surface area contributed by atoms with Crippen LogP contribution < -0.4 is 29.6 Å². The van der Waals surface area contributed by atoms with E-state index >= 15 is 0 Å². The van der Waals surface area contributed by atoms with Gasteiger partial charge in [-0.25, -0.2) is 0 Å². The van der Waals surface area contributed by atoms with E-state index in [4.69, 9.17) is 18.9 Å². The molecule has 1 saturated heterocycles. The van der Waals surface area contributed by atoms with E-state index in [-0.39, 0.29) is 25.1 Å². The third kappa shape index (κ3) is 5.26. The zero-order valence-electron chi connectivity index (χ0n) is 27.7. The largest absolute Gasteiger partial charge is 0.504 e. The maximum absolute atomic E-state index is 13.3. The van der Waals surface area contributed by atoms with Crippen LogP contribution >= 0.6 is 0 Å². The topological polar surface area (TPSA) is 159 Å². The molecule has 4 aliphatic heterocycles. The first kappa shape index (κ1) is 32.6. The number of esters is 1. The van der Waals surface area contributed by atoms with Crippen molar-refractivity contribution in [2.75, 3.05) is 27.5 Å². The molecule has 4 aliphatic rings. The van der Waals surface area contributed by atoms with Gasteiger partial charge in [-0.2, -0.15) is 0 Å². The van der Waals surface area contributed by atoms with Gasteiger partial charge in [-0.1, -0.05) is 12.1 Å². The van der Waals surface area contributed by atoms with Crippen LogP contribution in [0.1, 0.15) is 66.2 Å². The Hall–Kier alpha value is -4.33. The monoisotopic (exact) mass is 650 g/mol. The summed E-state index contributed by atoms with van der Waals surface area (Å²) in [6.07, 6.45) is 2.73. The maximum Gasteiger partial charge on any atom is 0.308 e. The van der Waals surface area contributed by atoms with Crippen molar-refractivity contribution in [2.24, 2.45) is 0 Å². The first-order valence-electron chi connectivity index (χ1n) is 15.8. The second-order valence-electron chi connectivity index (χ2n) is 12.7. The van der Waals surface area contributed by atoms with Gasteiger partial charge < -0.3 is 39.8 Å². The fourth-order valence-electron chi connectivity index (χ4n) is 7.95. The van der Waals surface area contributed by atoms with Crippen molar-refractivity contribution in [3.8, 4) is 28.7 Å². The number of ether oxygens (including phenoxy) is 4. The minimum Gasteiger partial charge on any atom is -0.504 e. The van der Waals surface area contributed by atoms with Crippen molar-refractivity contribution in [3.05, 3.63) is 51.6 Å². The summed E-state index contributed by atoms with van der Waals surface area (Å²) in [6, 6.07) is -0.691. The molecule has 6 atom stereocenters. The first-order valence-corrected chi connectivity index (χ1v) is 15.8. The van der Waals surface area contributed by atoms with E-state index in [1.54, 1.807) is 26.8 Å². The van der Waals surface area contributed by atoms with Gasteiger partial charge in [0.1, 0.15) is 18.0 Å². The SMILES string of the molecule is C/C=C/C(=O)N[C@@H](C)C(=O)NC[C@H]1c2c(c(OC(C)=O)c(C)c3c2OCO3)CC2[C@H]3c4c(cc(C)c(OC)c4O)C[C@H](C(O)N21)N3C. The molecule has 0 saturated carbocycles. The van der Waals surface area contributed by atoms with Gasteiger partial charge in [0.05, 0.1) is 25.2 Å². The Labute approximate surface area is 273 Å². The summed E-state index contributed by atoms with van der Waals surface area (Å²) in [5.41, 5.74) is 4.39. The van der Waals surface area contributed by atoms with Crippen LogP contribution in [0.3, 0.4) is 0 Å². The van der Waals surface area contributed by atoms with E-state index in [0.29, 0.717) is 58.1 Å². The number of aryl methyl sites for hydroxylation is 1. The van der Waals surface area contributed by atoms with Gasteiger partial charge in [-0.05, 0) is 64.8 Å². The molecule has 1 fully saturated rings. The normalized spacial score (nSPS) is 25.0. The Morgan fingerprint density at radius 1 is 1.13 bits per heavy atom. The Kier molecular flexibility index (Phi) is 8.58. The highest BCUT2D eigenvalue weighted by atomic mass is 16.7. The van der Waals surface area contributed by atoms with E-state index in [1.165, 1.54) is 20.1 Å². The van der Waals surface area contributed by atoms with Gasteiger partial charge >= 0.3 is 5.97 Å². The lowest BCUT2D eigenvalue weighted by Gasteiger charge is -2.60. The van der Waals surface area contributed by atoms with Crippen molar-refractivity contribution in [1.29, 1.82) is 0 Å². The van der Waals surface area contributed by atoms with Crippen molar-refractivity contribution in [2.45, 2.75) is 83.9 Å².